The van der Waals surface area contributed by atoms with Crippen LogP contribution < -0.4 is 19.1 Å². The van der Waals surface area contributed by atoms with Gasteiger partial charge in [0.1, 0.15) is 12.3 Å². The van der Waals surface area contributed by atoms with Gasteiger partial charge in [0.25, 0.3) is 5.91 Å². The molecule has 2 amide bonds. The normalized spacial score (nSPS) is 16.9. The maximum absolute atomic E-state index is 13.7. The second-order valence-electron chi connectivity index (χ2n) is 8.29. The number of hydrogen-bond donors (Lipinski definition) is 0. The largest absolute Gasteiger partial charge is 0.493 e. The molecule has 0 saturated carbocycles. The zero-order valence-corrected chi connectivity index (χ0v) is 19.2. The molecule has 0 bridgehead atoms. The fourth-order valence-corrected chi connectivity index (χ4v) is 4.76. The molecule has 0 radical (unpaired) electrons. The van der Waals surface area contributed by atoms with Gasteiger partial charge in [-0.05, 0) is 47.4 Å². The minimum Gasteiger partial charge on any atom is -0.493 e. The summed E-state index contributed by atoms with van der Waals surface area (Å²) in [6.07, 6.45) is 0.679. The van der Waals surface area contributed by atoms with Crippen molar-refractivity contribution in [3.8, 4) is 17.2 Å². The number of rotatable bonds is 5. The Bertz CT molecular complexity index is 1230. The Balaban J connectivity index is 1.52. The fourth-order valence-electron chi connectivity index (χ4n) is 4.76. The molecule has 0 N–H and O–H groups in total. The topological polar surface area (TPSA) is 68.3 Å². The first-order valence-electron chi connectivity index (χ1n) is 11.2. The van der Waals surface area contributed by atoms with E-state index in [2.05, 4.69) is 0 Å². The van der Waals surface area contributed by atoms with Gasteiger partial charge < -0.3 is 19.1 Å². The number of fused-ring (bicyclic) bond motifs is 2. The molecule has 0 fully saturated rings. The summed E-state index contributed by atoms with van der Waals surface area (Å²) in [5.74, 6) is 1.54. The molecule has 0 aromatic heterocycles. The van der Waals surface area contributed by atoms with Crippen molar-refractivity contribution < 1.29 is 23.8 Å². The Labute approximate surface area is 198 Å². The van der Waals surface area contributed by atoms with Gasteiger partial charge in [0.05, 0.1) is 25.9 Å². The highest BCUT2D eigenvalue weighted by Gasteiger charge is 2.36. The summed E-state index contributed by atoms with van der Waals surface area (Å²) in [7, 11) is 3.23. The van der Waals surface area contributed by atoms with Crippen molar-refractivity contribution in [3.05, 3.63) is 83.4 Å². The average molecular weight is 459 g/mol. The van der Waals surface area contributed by atoms with Crippen molar-refractivity contribution in [2.75, 3.05) is 38.8 Å². The molecule has 3 aromatic carbocycles. The van der Waals surface area contributed by atoms with E-state index in [1.807, 2.05) is 65.6 Å². The standard InChI is InChI=1S/C27H26N2O5/c1-32-23-14-19-12-13-28(27(18-8-4-3-5-9-18)20(19)15-24(23)33-2)25(30)16-29-21-10-6-7-11-22(21)34-17-26(29)31/h3-11,14-15,27H,12-13,16-17H2,1-2H3/t27-/m0/s1. The molecule has 3 aromatic rings. The van der Waals surface area contributed by atoms with Crippen molar-refractivity contribution in [3.63, 3.8) is 0 Å². The van der Waals surface area contributed by atoms with Gasteiger partial charge in [0, 0.05) is 6.54 Å². The Hall–Kier alpha value is -4.00. The lowest BCUT2D eigenvalue weighted by Gasteiger charge is -2.39. The first-order chi connectivity index (χ1) is 16.6. The van der Waals surface area contributed by atoms with Gasteiger partial charge in [-0.15, -0.1) is 0 Å². The maximum Gasteiger partial charge on any atom is 0.265 e. The number of benzene rings is 3. The van der Waals surface area contributed by atoms with E-state index in [9.17, 15) is 9.59 Å². The van der Waals surface area contributed by atoms with Crippen LogP contribution in [0.5, 0.6) is 17.2 Å². The predicted molar refractivity (Wildman–Crippen MR) is 128 cm³/mol. The van der Waals surface area contributed by atoms with Crippen molar-refractivity contribution in [1.82, 2.24) is 4.90 Å². The van der Waals surface area contributed by atoms with Crippen LogP contribution in [0, 0.1) is 0 Å². The molecule has 1 atom stereocenters. The van der Waals surface area contributed by atoms with Gasteiger partial charge >= 0.3 is 0 Å². The summed E-state index contributed by atoms with van der Waals surface area (Å²) >= 11 is 0. The van der Waals surface area contributed by atoms with Crippen molar-refractivity contribution in [1.29, 1.82) is 0 Å². The van der Waals surface area contributed by atoms with Crippen LogP contribution in [0.2, 0.25) is 0 Å². The van der Waals surface area contributed by atoms with Crippen LogP contribution in [0.1, 0.15) is 22.7 Å². The molecule has 0 saturated heterocycles. The van der Waals surface area contributed by atoms with E-state index in [1.54, 1.807) is 20.3 Å². The minimum absolute atomic E-state index is 0.0504. The Morgan fingerprint density at radius 1 is 1.00 bits per heavy atom. The zero-order chi connectivity index (χ0) is 23.7. The third kappa shape index (κ3) is 3.83. The highest BCUT2D eigenvalue weighted by atomic mass is 16.5. The monoisotopic (exact) mass is 458 g/mol. The number of carbonyl (C=O) groups is 2. The molecular formula is C27H26N2O5. The van der Waals surface area contributed by atoms with E-state index in [0.29, 0.717) is 35.9 Å². The highest BCUT2D eigenvalue weighted by molar-refractivity contribution is 6.02. The van der Waals surface area contributed by atoms with Crippen LogP contribution in [0.25, 0.3) is 0 Å². The Morgan fingerprint density at radius 3 is 2.47 bits per heavy atom. The van der Waals surface area contributed by atoms with Crippen LogP contribution in [-0.2, 0) is 16.0 Å². The Morgan fingerprint density at radius 2 is 1.71 bits per heavy atom. The molecule has 0 unspecified atom stereocenters. The van der Waals surface area contributed by atoms with Crippen molar-refractivity contribution >= 4 is 17.5 Å². The van der Waals surface area contributed by atoms with Gasteiger partial charge in [-0.25, -0.2) is 0 Å². The third-order valence-corrected chi connectivity index (χ3v) is 6.41. The van der Waals surface area contributed by atoms with E-state index in [0.717, 1.165) is 16.7 Å². The first kappa shape index (κ1) is 21.8. The summed E-state index contributed by atoms with van der Waals surface area (Å²) in [6, 6.07) is 20.9. The molecule has 7 nitrogen and oxygen atoms in total. The highest BCUT2D eigenvalue weighted by Crippen LogP contribution is 2.41. The molecule has 2 heterocycles. The molecule has 34 heavy (non-hydrogen) atoms. The van der Waals surface area contributed by atoms with Crippen molar-refractivity contribution in [2.24, 2.45) is 0 Å². The summed E-state index contributed by atoms with van der Waals surface area (Å²) < 4.78 is 16.6. The van der Waals surface area contributed by atoms with E-state index < -0.39 is 0 Å². The number of ether oxygens (including phenoxy) is 3. The number of hydrogen-bond acceptors (Lipinski definition) is 5. The van der Waals surface area contributed by atoms with Gasteiger partial charge in [-0.2, -0.15) is 0 Å². The van der Waals surface area contributed by atoms with Crippen LogP contribution in [0.4, 0.5) is 5.69 Å². The molecule has 2 aliphatic heterocycles. The average Bonchev–Trinajstić information content (AvgIpc) is 2.89. The van der Waals surface area contributed by atoms with Gasteiger partial charge in [0.2, 0.25) is 5.91 Å². The van der Waals surface area contributed by atoms with E-state index in [1.165, 1.54) is 4.90 Å². The molecule has 5 rings (SSSR count). The molecule has 0 spiro atoms. The lowest BCUT2D eigenvalue weighted by Crippen LogP contribution is -2.49. The van der Waals surface area contributed by atoms with Crippen LogP contribution in [-0.4, -0.2) is 50.6 Å². The summed E-state index contributed by atoms with van der Waals surface area (Å²) in [6.45, 7) is 0.401. The number of nitrogens with zero attached hydrogens (tertiary/aromatic N) is 2. The van der Waals surface area contributed by atoms with Gasteiger partial charge in [-0.1, -0.05) is 42.5 Å². The Kier molecular flexibility index (Phi) is 5.84. The lowest BCUT2D eigenvalue weighted by molar-refractivity contribution is -0.133. The zero-order valence-electron chi connectivity index (χ0n) is 19.2. The fraction of sp³-hybridized carbons (Fsp3) is 0.259. The van der Waals surface area contributed by atoms with Crippen LogP contribution >= 0.6 is 0 Å². The van der Waals surface area contributed by atoms with Gasteiger partial charge in [0.15, 0.2) is 18.1 Å². The molecule has 174 valence electrons. The molecular weight excluding hydrogens is 432 g/mol. The second-order valence-corrected chi connectivity index (χ2v) is 8.29. The quantitative estimate of drug-likeness (QED) is 0.584. The number of para-hydroxylation sites is 2. The minimum atomic E-state index is -0.302. The summed E-state index contributed by atoms with van der Waals surface area (Å²) in [5, 5.41) is 0. The predicted octanol–water partition coefficient (Wildman–Crippen LogP) is 3.60. The number of methoxy groups -OCH3 is 2. The smallest absolute Gasteiger partial charge is 0.265 e. The van der Waals surface area contributed by atoms with Crippen LogP contribution in [0.15, 0.2) is 66.7 Å². The number of amides is 2. The summed E-state index contributed by atoms with van der Waals surface area (Å²) in [5.41, 5.74) is 3.73. The third-order valence-electron chi connectivity index (χ3n) is 6.41. The van der Waals surface area contributed by atoms with E-state index >= 15 is 0 Å². The van der Waals surface area contributed by atoms with Gasteiger partial charge in [-0.3, -0.25) is 14.5 Å². The number of carbonyl (C=O) groups excluding carboxylic acids is 2. The second kappa shape index (κ2) is 9.09. The molecule has 7 heteroatoms. The number of anilines is 1. The first-order valence-corrected chi connectivity index (χ1v) is 11.2. The van der Waals surface area contributed by atoms with Crippen molar-refractivity contribution in [2.45, 2.75) is 12.5 Å². The lowest BCUT2D eigenvalue weighted by atomic mass is 9.87. The SMILES string of the molecule is COc1cc2c(cc1OC)[C@H](c1ccccc1)N(C(=O)CN1C(=O)COc3ccccc31)CC2. The summed E-state index contributed by atoms with van der Waals surface area (Å²) in [4.78, 5) is 29.8. The van der Waals surface area contributed by atoms with E-state index in [-0.39, 0.29) is 31.0 Å². The van der Waals surface area contributed by atoms with E-state index in [4.69, 9.17) is 14.2 Å². The molecule has 0 aliphatic carbocycles. The maximum atomic E-state index is 13.7. The van der Waals surface area contributed by atoms with Crippen LogP contribution in [0.3, 0.4) is 0 Å². The molecule has 2 aliphatic rings.